The summed E-state index contributed by atoms with van der Waals surface area (Å²) in [5, 5.41) is 0. The van der Waals surface area contributed by atoms with Crippen molar-refractivity contribution in [1.82, 2.24) is 0 Å². The van der Waals surface area contributed by atoms with Crippen molar-refractivity contribution in [2.75, 3.05) is 13.2 Å². The van der Waals surface area contributed by atoms with Crippen LogP contribution in [0.25, 0.3) is 0 Å². The zero-order valence-electron chi connectivity index (χ0n) is 11.8. The summed E-state index contributed by atoms with van der Waals surface area (Å²) >= 11 is -3.32. The maximum atomic E-state index is 12.5. The Morgan fingerprint density at radius 1 is 1.26 bits per heavy atom. The summed E-state index contributed by atoms with van der Waals surface area (Å²) in [6.45, 7) is 4.07. The fourth-order valence-electron chi connectivity index (χ4n) is 1.15. The van der Waals surface area contributed by atoms with Crippen molar-refractivity contribution in [1.29, 1.82) is 0 Å². The van der Waals surface area contributed by atoms with Crippen LogP contribution in [0.5, 0.6) is 0 Å². The molecule has 9 heteroatoms. The number of hydrogen-bond acceptors (Lipinski definition) is 4. The molecule has 0 aliphatic carbocycles. The van der Waals surface area contributed by atoms with Gasteiger partial charge in [0, 0.05) is 0 Å². The number of ether oxygens (including phenoxy) is 1. The molecule has 0 fully saturated rings. The van der Waals surface area contributed by atoms with E-state index >= 15 is 0 Å². The molecule has 0 N–H and O–H groups in total. The topological polar surface area (TPSA) is 52.6 Å². The monoisotopic (exact) mass is 462 g/mol. The van der Waals surface area contributed by atoms with Crippen LogP contribution in [-0.2, 0) is 17.4 Å². The Hall–Kier alpha value is -1.09. The Labute approximate surface area is 140 Å². The van der Waals surface area contributed by atoms with Gasteiger partial charge in [-0.25, -0.2) is 0 Å². The maximum absolute atomic E-state index is 12.5. The standard InChI is InChI=1S/C14H14F3IO4S/c1-2-11-21-12-7-6-10-18(13-8-4-3-5-9-13)22-23(19,20)14(15,16)17/h2-5,8-9H,1,7,11-12H2. The third-order valence-corrected chi connectivity index (χ3v) is 8.20. The van der Waals surface area contributed by atoms with Gasteiger partial charge in [0.25, 0.3) is 0 Å². The van der Waals surface area contributed by atoms with Crippen LogP contribution < -0.4 is 0 Å². The molecular formula is C14H14F3IO4S. The second kappa shape index (κ2) is 9.27. The summed E-state index contributed by atoms with van der Waals surface area (Å²) in [5.41, 5.74) is -5.47. The molecule has 0 spiro atoms. The van der Waals surface area contributed by atoms with Gasteiger partial charge in [0.2, 0.25) is 0 Å². The van der Waals surface area contributed by atoms with E-state index in [1.54, 1.807) is 24.3 Å². The molecule has 23 heavy (non-hydrogen) atoms. The van der Waals surface area contributed by atoms with Crippen LogP contribution in [-0.4, -0.2) is 27.1 Å². The number of halogens is 4. The van der Waals surface area contributed by atoms with Crippen LogP contribution in [0.4, 0.5) is 13.2 Å². The third kappa shape index (κ3) is 6.90. The second-order valence-electron chi connectivity index (χ2n) is 3.89. The molecule has 1 aromatic rings. The van der Waals surface area contributed by atoms with Crippen LogP contribution in [0.2, 0.25) is 0 Å². The van der Waals surface area contributed by atoms with Crippen LogP contribution in [0.1, 0.15) is 6.42 Å². The first kappa shape index (κ1) is 20.0. The van der Waals surface area contributed by atoms with E-state index in [4.69, 9.17) is 4.74 Å². The zero-order valence-corrected chi connectivity index (χ0v) is 14.8. The predicted octanol–water partition coefficient (Wildman–Crippen LogP) is 3.70. The Morgan fingerprint density at radius 3 is 2.48 bits per heavy atom. The van der Waals surface area contributed by atoms with Crippen molar-refractivity contribution in [3.05, 3.63) is 46.6 Å². The normalized spacial score (nSPS) is 12.2. The first-order chi connectivity index (χ1) is 10.8. The van der Waals surface area contributed by atoms with Gasteiger partial charge in [-0.1, -0.05) is 0 Å². The van der Waals surface area contributed by atoms with Gasteiger partial charge in [0.15, 0.2) is 0 Å². The van der Waals surface area contributed by atoms with E-state index in [1.165, 1.54) is 12.1 Å². The average molecular weight is 462 g/mol. The van der Waals surface area contributed by atoms with E-state index in [9.17, 15) is 21.6 Å². The molecule has 4 nitrogen and oxygen atoms in total. The van der Waals surface area contributed by atoms with E-state index < -0.39 is 35.9 Å². The Morgan fingerprint density at radius 2 is 1.91 bits per heavy atom. The van der Waals surface area contributed by atoms with E-state index in [2.05, 4.69) is 18.9 Å². The molecule has 0 bridgehead atoms. The summed E-state index contributed by atoms with van der Waals surface area (Å²) in [4.78, 5) is 0. The predicted molar refractivity (Wildman–Crippen MR) is 88.6 cm³/mol. The number of alkyl halides is 3. The quantitative estimate of drug-likeness (QED) is 0.204. The minimum absolute atomic E-state index is 0.254. The first-order valence-electron chi connectivity index (χ1n) is 6.21. The first-order valence-corrected chi connectivity index (χ1v) is 10.7. The van der Waals surface area contributed by atoms with Crippen LogP contribution in [0.3, 0.4) is 0 Å². The minimum atomic E-state index is -5.67. The van der Waals surface area contributed by atoms with Crippen LogP contribution >= 0.6 is 20.2 Å². The van der Waals surface area contributed by atoms with Crippen molar-refractivity contribution in [2.24, 2.45) is 0 Å². The molecule has 0 saturated heterocycles. The molecule has 1 aromatic carbocycles. The van der Waals surface area contributed by atoms with E-state index in [-0.39, 0.29) is 13.0 Å². The van der Waals surface area contributed by atoms with Crippen molar-refractivity contribution in [3.8, 4) is 9.85 Å². The van der Waals surface area contributed by atoms with Crippen molar-refractivity contribution >= 4 is 30.4 Å². The van der Waals surface area contributed by atoms with Gasteiger partial charge in [-0.2, -0.15) is 0 Å². The van der Waals surface area contributed by atoms with Crippen LogP contribution in [0.15, 0.2) is 43.0 Å². The zero-order chi connectivity index (χ0) is 17.3. The molecule has 0 saturated carbocycles. The van der Waals surface area contributed by atoms with Gasteiger partial charge in [-0.15, -0.1) is 0 Å². The molecule has 1 rings (SSSR count). The van der Waals surface area contributed by atoms with E-state index in [0.717, 1.165) is 0 Å². The molecule has 0 aliphatic rings. The number of benzene rings is 1. The Kier molecular flexibility index (Phi) is 8.04. The fraction of sp³-hybridized carbons (Fsp3) is 0.286. The molecule has 128 valence electrons. The third-order valence-electron chi connectivity index (χ3n) is 2.12. The summed E-state index contributed by atoms with van der Waals surface area (Å²) in [5.74, 6) is 2.62. The van der Waals surface area contributed by atoms with Crippen molar-refractivity contribution in [3.63, 3.8) is 0 Å². The Balaban J connectivity index is 2.88. The van der Waals surface area contributed by atoms with E-state index in [1.807, 2.05) is 0 Å². The molecule has 0 heterocycles. The van der Waals surface area contributed by atoms with Crippen LogP contribution in [0, 0.1) is 13.4 Å². The second-order valence-corrected chi connectivity index (χ2v) is 9.67. The molecule has 0 unspecified atom stereocenters. The molecule has 0 aliphatic heterocycles. The molecular weight excluding hydrogens is 448 g/mol. The molecule has 0 radical (unpaired) electrons. The van der Waals surface area contributed by atoms with Gasteiger partial charge >= 0.3 is 141 Å². The molecule has 0 atom stereocenters. The summed E-state index contributed by atoms with van der Waals surface area (Å²) in [6, 6.07) is 7.82. The molecule has 0 amide bonds. The number of hydrogen-bond donors (Lipinski definition) is 0. The van der Waals surface area contributed by atoms with Crippen molar-refractivity contribution in [2.45, 2.75) is 11.9 Å². The van der Waals surface area contributed by atoms with Gasteiger partial charge in [0.05, 0.1) is 0 Å². The van der Waals surface area contributed by atoms with Gasteiger partial charge in [0.1, 0.15) is 0 Å². The fourth-order valence-corrected chi connectivity index (χ4v) is 6.41. The van der Waals surface area contributed by atoms with Crippen molar-refractivity contribution < 1.29 is 28.8 Å². The van der Waals surface area contributed by atoms with Gasteiger partial charge in [-0.3, -0.25) is 0 Å². The number of rotatable bonds is 7. The summed E-state index contributed by atoms with van der Waals surface area (Å²) < 4.78 is 72.2. The van der Waals surface area contributed by atoms with Gasteiger partial charge in [-0.05, 0) is 0 Å². The Bertz CT molecular complexity index is 663. The van der Waals surface area contributed by atoms with E-state index in [0.29, 0.717) is 10.2 Å². The molecule has 0 aromatic heterocycles. The summed E-state index contributed by atoms with van der Waals surface area (Å²) in [6.07, 6.45) is 1.80. The van der Waals surface area contributed by atoms with Gasteiger partial charge < -0.3 is 0 Å². The average Bonchev–Trinajstić information content (AvgIpc) is 2.49. The summed E-state index contributed by atoms with van der Waals surface area (Å²) in [7, 11) is -5.67. The SMILES string of the molecule is C=CCOCCC#CI(OS(=O)(=O)C(F)(F)F)c1ccccc1.